The molecule has 1 amide bonds. The van der Waals surface area contributed by atoms with Gasteiger partial charge in [-0.1, -0.05) is 55.5 Å². The molecule has 27 heavy (non-hydrogen) atoms. The Bertz CT molecular complexity index is 841. The molecule has 0 saturated heterocycles. The predicted molar refractivity (Wildman–Crippen MR) is 108 cm³/mol. The van der Waals surface area contributed by atoms with Gasteiger partial charge in [-0.2, -0.15) is 0 Å². The van der Waals surface area contributed by atoms with Gasteiger partial charge in [0, 0.05) is 13.0 Å². The first kappa shape index (κ1) is 19.4. The molecule has 2 aromatic carbocycles. The molecule has 0 aliphatic carbocycles. The zero-order valence-corrected chi connectivity index (χ0v) is 16.1. The van der Waals surface area contributed by atoms with Crippen molar-refractivity contribution in [3.05, 3.63) is 78.1 Å². The van der Waals surface area contributed by atoms with Crippen LogP contribution in [-0.2, 0) is 17.8 Å². The molecule has 142 valence electrons. The first-order valence-corrected chi connectivity index (χ1v) is 9.44. The van der Waals surface area contributed by atoms with Crippen molar-refractivity contribution in [1.29, 1.82) is 0 Å². The number of primary amides is 1. The second-order valence-electron chi connectivity index (χ2n) is 7.21. The van der Waals surface area contributed by atoms with Gasteiger partial charge < -0.3 is 10.6 Å². The van der Waals surface area contributed by atoms with E-state index < -0.39 is 16.8 Å². The lowest BCUT2D eigenvalue weighted by Crippen LogP contribution is -2.62. The molecule has 3 rings (SSSR count). The highest BCUT2D eigenvalue weighted by molar-refractivity contribution is 6.36. The van der Waals surface area contributed by atoms with Gasteiger partial charge in [-0.25, -0.2) is 4.39 Å². The van der Waals surface area contributed by atoms with E-state index in [-0.39, 0.29) is 18.2 Å². The van der Waals surface area contributed by atoms with E-state index in [1.807, 2.05) is 48.2 Å². The molecule has 1 aliphatic heterocycles. The van der Waals surface area contributed by atoms with Crippen LogP contribution >= 0.6 is 11.6 Å². The lowest BCUT2D eigenvalue weighted by Gasteiger charge is -2.49. The van der Waals surface area contributed by atoms with E-state index in [4.69, 9.17) is 17.3 Å². The second kappa shape index (κ2) is 7.73. The summed E-state index contributed by atoms with van der Waals surface area (Å²) in [7, 11) is 0. The number of allylic oxidation sites excluding steroid dienone is 1. The fourth-order valence-corrected chi connectivity index (χ4v) is 4.61. The third-order valence-corrected chi connectivity index (χ3v) is 5.84. The minimum Gasteiger partial charge on any atom is -0.368 e. The molecule has 5 heteroatoms. The van der Waals surface area contributed by atoms with Crippen LogP contribution in [0.1, 0.15) is 24.5 Å². The highest BCUT2D eigenvalue weighted by atomic mass is 35.5. The molecule has 3 atom stereocenters. The van der Waals surface area contributed by atoms with Crippen LogP contribution in [0.15, 0.2) is 61.2 Å². The number of benzene rings is 2. The zero-order valence-electron chi connectivity index (χ0n) is 15.4. The monoisotopic (exact) mass is 386 g/mol. The average molecular weight is 387 g/mol. The van der Waals surface area contributed by atoms with Crippen LogP contribution in [0.4, 0.5) is 10.1 Å². The standard InChI is InChI=1S/C22H24ClFN2O/c1-3-8-15(2)20-22(23,21(25)27)13-17-11-7-12-18(24)19(17)26(20)14-16-9-5-4-6-10-16/h3-7,9-12,15,20H,1,8,13-14H2,2H3,(H2,25,27)/t15-,20?,22?/m1/s1. The van der Waals surface area contributed by atoms with Crippen molar-refractivity contribution in [2.75, 3.05) is 4.90 Å². The van der Waals surface area contributed by atoms with E-state index in [1.54, 1.807) is 12.1 Å². The normalized spacial score (nSPS) is 22.8. The quantitative estimate of drug-likeness (QED) is 0.589. The molecule has 0 bridgehead atoms. The number of carbonyl (C=O) groups is 1. The Balaban J connectivity index is 2.18. The molecule has 3 nitrogen and oxygen atoms in total. The van der Waals surface area contributed by atoms with Crippen LogP contribution in [0.25, 0.3) is 0 Å². The van der Waals surface area contributed by atoms with Crippen LogP contribution in [0, 0.1) is 11.7 Å². The van der Waals surface area contributed by atoms with E-state index in [9.17, 15) is 9.18 Å². The van der Waals surface area contributed by atoms with Gasteiger partial charge in [0.25, 0.3) is 0 Å². The minimum absolute atomic E-state index is 0.0380. The molecule has 2 unspecified atom stereocenters. The summed E-state index contributed by atoms with van der Waals surface area (Å²) in [5, 5.41) is 0. The van der Waals surface area contributed by atoms with E-state index in [1.165, 1.54) is 6.07 Å². The van der Waals surface area contributed by atoms with Crippen molar-refractivity contribution in [3.8, 4) is 0 Å². The van der Waals surface area contributed by atoms with Crippen LogP contribution in [-0.4, -0.2) is 16.8 Å². The van der Waals surface area contributed by atoms with Crippen LogP contribution in [0.5, 0.6) is 0 Å². The number of amides is 1. The number of para-hydroxylation sites is 1. The maximum absolute atomic E-state index is 14.9. The van der Waals surface area contributed by atoms with Crippen LogP contribution in [0.3, 0.4) is 0 Å². The molecule has 0 spiro atoms. The van der Waals surface area contributed by atoms with E-state index in [2.05, 4.69) is 6.58 Å². The number of carbonyl (C=O) groups excluding carboxylic acids is 1. The fraction of sp³-hybridized carbons (Fsp3) is 0.318. The summed E-state index contributed by atoms with van der Waals surface area (Å²) in [6.07, 6.45) is 2.64. The van der Waals surface area contributed by atoms with Gasteiger partial charge in [0.2, 0.25) is 5.91 Å². The lowest BCUT2D eigenvalue weighted by atomic mass is 9.77. The maximum atomic E-state index is 14.9. The van der Waals surface area contributed by atoms with Gasteiger partial charge in [0.1, 0.15) is 10.7 Å². The number of hydrogen-bond donors (Lipinski definition) is 1. The number of anilines is 1. The fourth-order valence-electron chi connectivity index (χ4n) is 4.13. The number of hydrogen-bond acceptors (Lipinski definition) is 2. The Kier molecular flexibility index (Phi) is 5.56. The maximum Gasteiger partial charge on any atom is 0.241 e. The van der Waals surface area contributed by atoms with Gasteiger partial charge in [-0.15, -0.1) is 18.2 Å². The van der Waals surface area contributed by atoms with Gasteiger partial charge in [-0.3, -0.25) is 4.79 Å². The van der Waals surface area contributed by atoms with Gasteiger partial charge in [0.15, 0.2) is 0 Å². The molecule has 0 radical (unpaired) electrons. The number of fused-ring (bicyclic) bond motifs is 1. The molecular weight excluding hydrogens is 363 g/mol. The number of rotatable bonds is 6. The lowest BCUT2D eigenvalue weighted by molar-refractivity contribution is -0.121. The molecule has 1 heterocycles. The number of nitrogens with two attached hydrogens (primary N) is 1. The topological polar surface area (TPSA) is 46.3 Å². The summed E-state index contributed by atoms with van der Waals surface area (Å²) in [5.41, 5.74) is 7.96. The van der Waals surface area contributed by atoms with Gasteiger partial charge >= 0.3 is 0 Å². The van der Waals surface area contributed by atoms with Crippen LogP contribution in [0.2, 0.25) is 0 Å². The van der Waals surface area contributed by atoms with E-state index in [0.29, 0.717) is 24.2 Å². The van der Waals surface area contributed by atoms with E-state index in [0.717, 1.165) is 5.56 Å². The Labute approximate surface area is 164 Å². The zero-order chi connectivity index (χ0) is 19.6. The molecule has 2 aromatic rings. The summed E-state index contributed by atoms with van der Waals surface area (Å²) >= 11 is 6.87. The summed E-state index contributed by atoms with van der Waals surface area (Å²) < 4.78 is 14.9. The Hall–Kier alpha value is -2.33. The predicted octanol–water partition coefficient (Wildman–Crippen LogP) is 4.43. The minimum atomic E-state index is -1.32. The highest BCUT2D eigenvalue weighted by Crippen LogP contribution is 2.45. The summed E-state index contributed by atoms with van der Waals surface area (Å²) in [6.45, 7) is 6.24. The highest BCUT2D eigenvalue weighted by Gasteiger charge is 2.52. The summed E-state index contributed by atoms with van der Waals surface area (Å²) in [4.78, 5) is 13.0. The first-order chi connectivity index (χ1) is 12.9. The third kappa shape index (κ3) is 3.59. The smallest absolute Gasteiger partial charge is 0.241 e. The average Bonchev–Trinajstić information content (AvgIpc) is 2.62. The van der Waals surface area contributed by atoms with E-state index >= 15 is 0 Å². The Morgan fingerprint density at radius 1 is 1.37 bits per heavy atom. The van der Waals surface area contributed by atoms with Crippen molar-refractivity contribution in [1.82, 2.24) is 0 Å². The molecule has 1 aliphatic rings. The van der Waals surface area contributed by atoms with Crippen molar-refractivity contribution >= 4 is 23.2 Å². The summed E-state index contributed by atoms with van der Waals surface area (Å²) in [5.74, 6) is -0.940. The number of halogens is 2. The molecular formula is C22H24ClFN2O. The van der Waals surface area contributed by atoms with Gasteiger partial charge in [-0.05, 0) is 29.5 Å². The summed E-state index contributed by atoms with van der Waals surface area (Å²) in [6, 6.07) is 14.2. The SMILES string of the molecule is C=CC[C@@H](C)C1N(Cc2ccccc2)c2c(F)cccc2CC1(Cl)C(N)=O. The van der Waals surface area contributed by atoms with Crippen molar-refractivity contribution in [3.63, 3.8) is 0 Å². The molecule has 0 saturated carbocycles. The van der Waals surface area contributed by atoms with Crippen molar-refractivity contribution in [2.24, 2.45) is 11.7 Å². The second-order valence-corrected chi connectivity index (χ2v) is 7.89. The van der Waals surface area contributed by atoms with Crippen molar-refractivity contribution < 1.29 is 9.18 Å². The molecule has 2 N–H and O–H groups in total. The first-order valence-electron chi connectivity index (χ1n) is 9.06. The molecule has 0 aromatic heterocycles. The largest absolute Gasteiger partial charge is 0.368 e. The third-order valence-electron chi connectivity index (χ3n) is 5.29. The number of alkyl halides is 1. The van der Waals surface area contributed by atoms with Gasteiger partial charge in [0.05, 0.1) is 11.7 Å². The van der Waals surface area contributed by atoms with Crippen molar-refractivity contribution in [2.45, 2.75) is 37.2 Å². The Morgan fingerprint density at radius 3 is 2.70 bits per heavy atom. The van der Waals surface area contributed by atoms with Crippen LogP contribution < -0.4 is 10.6 Å². The molecule has 0 fully saturated rings. The Morgan fingerprint density at radius 2 is 2.07 bits per heavy atom. The number of nitrogens with zero attached hydrogens (tertiary/aromatic N) is 1.